The van der Waals surface area contributed by atoms with Gasteiger partial charge in [0.1, 0.15) is 0 Å². The van der Waals surface area contributed by atoms with Gasteiger partial charge in [-0.3, -0.25) is 14.7 Å². The first-order valence-electron chi connectivity index (χ1n) is 12.3. The fraction of sp³-hybridized carbons (Fsp3) is 0.357. The number of amides is 2. The van der Waals surface area contributed by atoms with Gasteiger partial charge in [0, 0.05) is 56.5 Å². The third-order valence-corrected chi connectivity index (χ3v) is 6.89. The summed E-state index contributed by atoms with van der Waals surface area (Å²) in [5.74, 6) is -0.450. The second-order valence-corrected chi connectivity index (χ2v) is 9.33. The fourth-order valence-corrected chi connectivity index (χ4v) is 4.99. The first-order chi connectivity index (χ1) is 17.5. The summed E-state index contributed by atoms with van der Waals surface area (Å²) < 4.78 is 5.47. The van der Waals surface area contributed by atoms with Crippen LogP contribution in [0.5, 0.6) is 0 Å². The number of ether oxygens (including phenoxy) is 1. The summed E-state index contributed by atoms with van der Waals surface area (Å²) >= 11 is 6.50. The van der Waals surface area contributed by atoms with E-state index in [9.17, 15) is 9.59 Å². The van der Waals surface area contributed by atoms with Crippen molar-refractivity contribution in [1.29, 1.82) is 0 Å². The highest BCUT2D eigenvalue weighted by molar-refractivity contribution is 6.31. The molecule has 2 aromatic carbocycles. The second kappa shape index (κ2) is 12.2. The van der Waals surface area contributed by atoms with Crippen LogP contribution in [-0.2, 0) is 16.1 Å². The Morgan fingerprint density at radius 1 is 1.06 bits per heavy atom. The quantitative estimate of drug-likeness (QED) is 0.405. The van der Waals surface area contributed by atoms with Gasteiger partial charge < -0.3 is 10.1 Å². The van der Waals surface area contributed by atoms with Crippen molar-refractivity contribution in [3.05, 3.63) is 94.7 Å². The summed E-state index contributed by atoms with van der Waals surface area (Å²) in [6, 6.07) is 16.7. The molecule has 1 atom stereocenters. The summed E-state index contributed by atoms with van der Waals surface area (Å²) in [7, 11) is 0. The van der Waals surface area contributed by atoms with Crippen molar-refractivity contribution >= 4 is 23.6 Å². The predicted molar refractivity (Wildman–Crippen MR) is 141 cm³/mol. The highest BCUT2D eigenvalue weighted by Gasteiger charge is 2.39. The SMILES string of the molecule is C=CCN1C(=O)N[C@@H](c2ccccc2Cl)C(C(=O)OCC)=C1CN1CCN(Cc2ccccc2)CC1. The molecule has 4 rings (SSSR count). The smallest absolute Gasteiger partial charge is 0.338 e. The summed E-state index contributed by atoms with van der Waals surface area (Å²) in [5.41, 5.74) is 3.01. The largest absolute Gasteiger partial charge is 0.463 e. The summed E-state index contributed by atoms with van der Waals surface area (Å²) in [6.07, 6.45) is 1.66. The number of hydrogen-bond donors (Lipinski definition) is 1. The first kappa shape index (κ1) is 25.9. The van der Waals surface area contributed by atoms with E-state index < -0.39 is 12.0 Å². The molecule has 0 aromatic heterocycles. The van der Waals surface area contributed by atoms with Crippen LogP contribution in [-0.4, -0.2) is 72.6 Å². The molecule has 190 valence electrons. The van der Waals surface area contributed by atoms with Gasteiger partial charge in [0.15, 0.2) is 0 Å². The molecular formula is C28H33ClN4O3. The van der Waals surface area contributed by atoms with Gasteiger partial charge >= 0.3 is 12.0 Å². The number of rotatable bonds is 9. The van der Waals surface area contributed by atoms with E-state index in [0.717, 1.165) is 32.7 Å². The predicted octanol–water partition coefficient (Wildman–Crippen LogP) is 4.23. The van der Waals surface area contributed by atoms with Gasteiger partial charge in [-0.15, -0.1) is 6.58 Å². The minimum atomic E-state index is -0.694. The topological polar surface area (TPSA) is 65.1 Å². The van der Waals surface area contributed by atoms with E-state index in [4.69, 9.17) is 16.3 Å². The zero-order chi connectivity index (χ0) is 25.5. The van der Waals surface area contributed by atoms with Gasteiger partial charge in [-0.2, -0.15) is 0 Å². The number of carbonyl (C=O) groups is 2. The monoisotopic (exact) mass is 508 g/mol. The Morgan fingerprint density at radius 3 is 2.33 bits per heavy atom. The maximum absolute atomic E-state index is 13.3. The molecule has 0 aliphatic carbocycles. The maximum atomic E-state index is 13.3. The highest BCUT2D eigenvalue weighted by atomic mass is 35.5. The Balaban J connectivity index is 1.62. The molecule has 8 heteroatoms. The van der Waals surface area contributed by atoms with Crippen molar-refractivity contribution in [3.63, 3.8) is 0 Å². The normalized spacial score (nSPS) is 19.2. The summed E-state index contributed by atoms with van der Waals surface area (Å²) in [4.78, 5) is 32.8. The molecule has 0 bridgehead atoms. The van der Waals surface area contributed by atoms with E-state index in [-0.39, 0.29) is 19.2 Å². The van der Waals surface area contributed by atoms with Gasteiger partial charge in [-0.25, -0.2) is 9.59 Å². The zero-order valence-electron chi connectivity index (χ0n) is 20.7. The van der Waals surface area contributed by atoms with E-state index in [1.54, 1.807) is 24.0 Å². The van der Waals surface area contributed by atoms with Crippen LogP contribution in [0.3, 0.4) is 0 Å². The number of halogens is 1. The van der Waals surface area contributed by atoms with E-state index in [0.29, 0.717) is 28.4 Å². The zero-order valence-corrected chi connectivity index (χ0v) is 21.4. The molecular weight excluding hydrogens is 476 g/mol. The summed E-state index contributed by atoms with van der Waals surface area (Å²) in [6.45, 7) is 10.9. The molecule has 2 aliphatic heterocycles. The van der Waals surface area contributed by atoms with Crippen LogP contribution in [0.2, 0.25) is 5.02 Å². The van der Waals surface area contributed by atoms with Crippen LogP contribution >= 0.6 is 11.6 Å². The highest BCUT2D eigenvalue weighted by Crippen LogP contribution is 2.35. The Labute approximate surface area is 218 Å². The van der Waals surface area contributed by atoms with Crippen molar-refractivity contribution in [2.24, 2.45) is 0 Å². The van der Waals surface area contributed by atoms with Crippen molar-refractivity contribution in [1.82, 2.24) is 20.0 Å². The molecule has 0 unspecified atom stereocenters. The van der Waals surface area contributed by atoms with Crippen LogP contribution in [0.25, 0.3) is 0 Å². The van der Waals surface area contributed by atoms with E-state index in [1.165, 1.54) is 5.56 Å². The van der Waals surface area contributed by atoms with Crippen LogP contribution in [0.15, 0.2) is 78.5 Å². The molecule has 7 nitrogen and oxygen atoms in total. The van der Waals surface area contributed by atoms with E-state index in [2.05, 4.69) is 46.0 Å². The minimum absolute atomic E-state index is 0.235. The van der Waals surface area contributed by atoms with Crippen molar-refractivity contribution < 1.29 is 14.3 Å². The van der Waals surface area contributed by atoms with Gasteiger partial charge in [-0.1, -0.05) is 66.2 Å². The first-order valence-corrected chi connectivity index (χ1v) is 12.7. The average molecular weight is 509 g/mol. The molecule has 36 heavy (non-hydrogen) atoms. The van der Waals surface area contributed by atoms with Gasteiger partial charge in [0.25, 0.3) is 0 Å². The van der Waals surface area contributed by atoms with E-state index in [1.807, 2.05) is 24.3 Å². The molecule has 0 saturated carbocycles. The van der Waals surface area contributed by atoms with Crippen molar-refractivity contribution in [3.8, 4) is 0 Å². The van der Waals surface area contributed by atoms with Crippen LogP contribution in [0.1, 0.15) is 24.1 Å². The third-order valence-electron chi connectivity index (χ3n) is 6.55. The molecule has 2 aliphatic rings. The fourth-order valence-electron chi connectivity index (χ4n) is 4.75. The van der Waals surface area contributed by atoms with Gasteiger partial charge in [0.05, 0.1) is 18.2 Å². The number of benzene rings is 2. The lowest BCUT2D eigenvalue weighted by atomic mass is 9.94. The molecule has 1 saturated heterocycles. The molecule has 0 radical (unpaired) electrons. The molecule has 2 heterocycles. The van der Waals surface area contributed by atoms with Crippen LogP contribution in [0.4, 0.5) is 4.79 Å². The number of carbonyl (C=O) groups excluding carboxylic acids is 2. The Bertz CT molecular complexity index is 1110. The lowest BCUT2D eigenvalue weighted by molar-refractivity contribution is -0.139. The Hall–Kier alpha value is -3.13. The number of piperazine rings is 1. The molecule has 1 N–H and O–H groups in total. The van der Waals surface area contributed by atoms with Gasteiger partial charge in [0.2, 0.25) is 0 Å². The number of nitrogens with one attached hydrogen (secondary N) is 1. The molecule has 1 fully saturated rings. The number of esters is 1. The van der Waals surface area contributed by atoms with Crippen LogP contribution in [0, 0.1) is 0 Å². The molecule has 2 amide bonds. The Morgan fingerprint density at radius 2 is 1.69 bits per heavy atom. The van der Waals surface area contributed by atoms with Crippen molar-refractivity contribution in [2.45, 2.75) is 19.5 Å². The molecule has 0 spiro atoms. The lowest BCUT2D eigenvalue weighted by Crippen LogP contribution is -2.53. The van der Waals surface area contributed by atoms with Gasteiger partial charge in [-0.05, 0) is 24.1 Å². The molecule has 2 aromatic rings. The lowest BCUT2D eigenvalue weighted by Gasteiger charge is -2.40. The number of hydrogen-bond acceptors (Lipinski definition) is 5. The number of urea groups is 1. The third kappa shape index (κ3) is 5.98. The van der Waals surface area contributed by atoms with Crippen LogP contribution < -0.4 is 5.32 Å². The number of nitrogens with zero attached hydrogens (tertiary/aromatic N) is 3. The maximum Gasteiger partial charge on any atom is 0.338 e. The average Bonchev–Trinajstić information content (AvgIpc) is 2.88. The van der Waals surface area contributed by atoms with Crippen molar-refractivity contribution in [2.75, 3.05) is 45.9 Å². The minimum Gasteiger partial charge on any atom is -0.463 e. The Kier molecular flexibility index (Phi) is 8.80. The summed E-state index contributed by atoms with van der Waals surface area (Å²) in [5, 5.41) is 3.45. The standard InChI is InChI=1S/C28H33ClN4O3/c1-3-14-33-24(20-32-17-15-31(16-18-32)19-21-10-6-5-7-11-21)25(27(34)36-4-2)26(30-28(33)35)22-12-8-9-13-23(22)29/h3,5-13,26H,1,4,14-20H2,2H3,(H,30,35)/t26-/m0/s1. The van der Waals surface area contributed by atoms with E-state index >= 15 is 0 Å². The second-order valence-electron chi connectivity index (χ2n) is 8.92.